The summed E-state index contributed by atoms with van der Waals surface area (Å²) in [4.78, 5) is 160. The molecular weight excluding hydrogens is 1810 g/mol. The van der Waals surface area contributed by atoms with E-state index in [4.69, 9.17) is 66.6 Å². The second-order valence-electron chi connectivity index (χ2n) is 49.9. The molecule has 12 aliphatic heterocycles. The van der Waals surface area contributed by atoms with Crippen LogP contribution in [0.15, 0.2) is 0 Å². The number of ether oxygens (including phenoxy) is 12. The Balaban J connectivity index is 0.000000840. The fourth-order valence-corrected chi connectivity index (χ4v) is 25.8. The van der Waals surface area contributed by atoms with Crippen molar-refractivity contribution in [2.45, 2.75) is 555 Å². The number of rotatable bonds is 21. The predicted octanol–water partition coefficient (Wildman–Crippen LogP) is 25.9. The summed E-state index contributed by atoms with van der Waals surface area (Å²) in [7, 11) is 0. The van der Waals surface area contributed by atoms with E-state index >= 15 is 0 Å². The molecule has 24 bridgehead atoms. The van der Waals surface area contributed by atoms with Crippen molar-refractivity contribution < 1.29 is 129 Å². The minimum atomic E-state index is -0.998. The highest BCUT2D eigenvalue weighted by atomic mass is 17.2. The van der Waals surface area contributed by atoms with Gasteiger partial charge < -0.3 is 61.9 Å². The maximum atomic E-state index is 12.8. The Hall–Kier alpha value is -6.48. The van der Waals surface area contributed by atoms with Gasteiger partial charge in [-0.25, -0.2) is 14.6 Å². The van der Waals surface area contributed by atoms with Crippen molar-refractivity contribution in [2.75, 3.05) is 6.61 Å². The third-order valence-electron chi connectivity index (χ3n) is 34.1. The normalized spacial score (nSPS) is 36.3. The smallest absolute Gasteiger partial charge is 0.350 e. The van der Waals surface area contributed by atoms with Crippen LogP contribution in [0.25, 0.3) is 0 Å². The Labute approximate surface area is 860 Å². The lowest BCUT2D eigenvalue weighted by molar-refractivity contribution is -0.366. The van der Waals surface area contributed by atoms with Crippen LogP contribution in [0.3, 0.4) is 0 Å². The van der Waals surface area contributed by atoms with E-state index in [2.05, 4.69) is 6.92 Å². The molecule has 0 aromatic heterocycles. The van der Waals surface area contributed by atoms with Crippen LogP contribution in [0.2, 0.25) is 0 Å². The van der Waals surface area contributed by atoms with Gasteiger partial charge in [-0.1, -0.05) is 138 Å². The van der Waals surface area contributed by atoms with Crippen LogP contribution in [0.4, 0.5) is 0 Å². The summed E-state index contributed by atoms with van der Waals surface area (Å²) < 4.78 is 69.3. The first-order valence-corrected chi connectivity index (χ1v) is 49.8. The van der Waals surface area contributed by atoms with E-state index in [0.29, 0.717) is 171 Å². The van der Waals surface area contributed by atoms with Gasteiger partial charge in [0.15, 0.2) is 0 Å². The minimum Gasteiger partial charge on any atom is -0.462 e. The van der Waals surface area contributed by atoms with Crippen LogP contribution in [0.5, 0.6) is 0 Å². The van der Waals surface area contributed by atoms with Gasteiger partial charge in [-0.3, -0.25) is 52.7 Å². The molecule has 20 unspecified atom stereocenters. The Morgan fingerprint density at radius 3 is 1.14 bits per heavy atom. The Morgan fingerprint density at radius 1 is 0.310 bits per heavy atom. The Kier molecular flexibility index (Phi) is 44.7. The molecule has 0 amide bonds. The van der Waals surface area contributed by atoms with Gasteiger partial charge in [-0.15, -0.1) is 0 Å². The summed E-state index contributed by atoms with van der Waals surface area (Å²) in [5.74, 6) is -1.66. The Bertz CT molecular complexity index is 4290. The zero-order valence-electron chi connectivity index (χ0n) is 82.8. The number of carbonyl (C=O) groups is 12. The summed E-state index contributed by atoms with van der Waals surface area (Å²) in [6.45, 7) is 45.0. The van der Waals surface area contributed by atoms with Crippen molar-refractivity contribution in [3.05, 3.63) is 0 Å². The number of fused-ring (bicyclic) bond motifs is 6. The first kappa shape index (κ1) is 134. The van der Waals surface area contributed by atoms with E-state index < -0.39 is 83.1 Å². The van der Waals surface area contributed by atoms with Crippen LogP contribution >= 0.6 is 0 Å². The van der Waals surface area contributed by atoms with Crippen LogP contribution in [-0.4, -0.2) is 158 Å². The summed E-state index contributed by atoms with van der Waals surface area (Å²) >= 11 is 0. The highest BCUT2D eigenvalue weighted by Crippen LogP contribution is 2.64. The first-order valence-electron chi connectivity index (χ1n) is 49.8. The van der Waals surface area contributed by atoms with Gasteiger partial charge in [0.05, 0.1) is 79.9 Å². The molecule has 24 fully saturated rings. The number of hydrogen-bond acceptors (Lipinski definition) is 27. The van der Waals surface area contributed by atoms with Gasteiger partial charge in [0, 0.05) is 95.3 Å². The van der Waals surface area contributed by atoms with E-state index in [0.717, 1.165) is 96.3 Å². The van der Waals surface area contributed by atoms with Gasteiger partial charge in [0.2, 0.25) is 5.60 Å². The number of aliphatic hydroxyl groups is 1. The lowest BCUT2D eigenvalue weighted by Crippen LogP contribution is -2.57. The van der Waals surface area contributed by atoms with Crippen molar-refractivity contribution in [1.82, 2.24) is 0 Å². The maximum Gasteiger partial charge on any atom is 0.350 e. The van der Waals surface area contributed by atoms with Crippen molar-refractivity contribution in [2.24, 2.45) is 102 Å². The Morgan fingerprint density at radius 2 is 0.669 bits per heavy atom. The molecule has 24 aliphatic rings. The lowest BCUT2D eigenvalue weighted by Gasteiger charge is -2.54. The zero-order chi connectivity index (χ0) is 95.6. The van der Waals surface area contributed by atoms with Crippen LogP contribution in [-0.2, 0) is 124 Å². The number of hydrogen-bond donors (Lipinski definition) is 1. The first-order chi connectivity index (χ1) is 60.1. The molecule has 12 heterocycles. The van der Waals surface area contributed by atoms with E-state index in [1.807, 2.05) is 152 Å². The molecule has 24 rings (SSSR count). The highest BCUT2D eigenvalue weighted by Gasteiger charge is 2.68. The fourth-order valence-electron chi connectivity index (χ4n) is 25.8. The molecule has 27 heteroatoms. The summed E-state index contributed by atoms with van der Waals surface area (Å²) in [5.41, 5.74) is -8.53. The van der Waals surface area contributed by atoms with Crippen molar-refractivity contribution in [3.8, 4) is 0 Å². The molecular formula is C115H206O27. The van der Waals surface area contributed by atoms with Crippen molar-refractivity contribution in [1.29, 1.82) is 0 Å². The quantitative estimate of drug-likeness (QED) is 0.0483. The van der Waals surface area contributed by atoms with Crippen molar-refractivity contribution in [3.63, 3.8) is 0 Å². The van der Waals surface area contributed by atoms with E-state index in [-0.39, 0.29) is 226 Å². The third-order valence-corrected chi connectivity index (χ3v) is 34.1. The number of esters is 12. The fraction of sp³-hybridized carbons (Fsp3) is 0.896. The van der Waals surface area contributed by atoms with Gasteiger partial charge >= 0.3 is 71.6 Å². The molecule has 12 saturated carbocycles. The minimum absolute atomic E-state index is 0. The van der Waals surface area contributed by atoms with Crippen LogP contribution < -0.4 is 0 Å². The molecule has 12 saturated heterocycles. The SMILES string of the molecule is C.C.C.C.C.C.C.C.C.C.C.C.CCC(C)(C)C(=O)OC12CC3CC(C)(CC(C)(C1)OC3=O)C2.CCC(C)(C)C(=O)OC12CC3CC(C1)OC(=O)C(C3)C2.CCC(C)(C)C(=O)OC12CC3CC(CC(C3)C(=O)O1)C2.CCC(C)(C)C(=O)OC12CC3CC(CC(C3)OC1=O)C2.CCC(C)(C)C(=O)OC12CC3CC(COOC(C)(C)C)(CC(C1)C(=O)O3)C2.CCC(C)(C)C(=O)OC12CC3CC(O)(CC(C1)C(=O)O3)C2. The second kappa shape index (κ2) is 47.6. The highest BCUT2D eigenvalue weighted by molar-refractivity contribution is 5.86. The summed E-state index contributed by atoms with van der Waals surface area (Å²) in [6, 6.07) is 0. The third kappa shape index (κ3) is 29.0. The topological polar surface area (TPSA) is 354 Å². The molecule has 828 valence electrons. The molecule has 1 N–H and O–H groups in total. The number of carbonyl (C=O) groups excluding carboxylic acids is 12. The standard InChI is InChI=1S/C21H34O6.C18H28O4.C16H24O5.3C16H24O4.12CH4/c1-7-19(5,6)17(23)26-21-9-14-8-20(12-21,13-24-27-18(2,3)4)10-15(11-21)25-16(14)22;1-6-15(2,3)14(20)22-18-8-12-7-16(4,10-18)9-17(5,11-18)21-13(12)19;1-4-14(2,3)13(18)21-16-6-10-5-15(19,9-16)7-11(8-16)20-12(10)17;1-4-15(2,3)13(17)20-16-8-10-5-11(9-16)7-12(6-10)19-14(16)18;1-4-15(2,3)14(18)20-16-8-10-5-11(9-16)7-12(6-10)13(17)19-16;1-4-15(2,3)14(18)20-16-7-10-5-11(8-16)13(17)19-12(6-10)9-16;;;;;;;;;;;;/h14-15H,7-13H2,1-6H3;12H,6-11H2,1-5H3;10-11,19H,4-9H2,1-3H3;3*10-12H,4-9H2,1-3H3;12*1H4. The van der Waals surface area contributed by atoms with Gasteiger partial charge in [0.25, 0.3) is 5.79 Å². The van der Waals surface area contributed by atoms with Crippen molar-refractivity contribution >= 4 is 71.6 Å². The van der Waals surface area contributed by atoms with Gasteiger partial charge in [-0.2, -0.15) is 0 Å². The molecule has 0 spiro atoms. The van der Waals surface area contributed by atoms with E-state index in [1.165, 1.54) is 0 Å². The maximum absolute atomic E-state index is 12.8. The average molecular weight is 2020 g/mol. The molecule has 12 aliphatic carbocycles. The van der Waals surface area contributed by atoms with E-state index in [9.17, 15) is 62.6 Å². The monoisotopic (exact) mass is 2020 g/mol. The molecule has 27 nitrogen and oxygen atoms in total. The zero-order valence-corrected chi connectivity index (χ0v) is 82.8. The van der Waals surface area contributed by atoms with E-state index in [1.54, 1.807) is 0 Å². The second-order valence-corrected chi connectivity index (χ2v) is 49.9. The largest absolute Gasteiger partial charge is 0.462 e. The molecule has 0 aromatic carbocycles. The molecule has 0 aromatic rings. The summed E-state index contributed by atoms with van der Waals surface area (Å²) in [6.07, 6.45) is 26.0. The average Bonchev–Trinajstić information content (AvgIpc) is 1.29. The lowest BCUT2D eigenvalue weighted by atomic mass is 9.55. The molecule has 0 radical (unpaired) electrons. The summed E-state index contributed by atoms with van der Waals surface area (Å²) in [5, 5.41) is 10.7. The predicted molar refractivity (Wildman–Crippen MR) is 554 cm³/mol. The van der Waals surface area contributed by atoms with Crippen LogP contribution in [0, 0.1) is 102 Å². The molecule has 20 atom stereocenters. The molecule has 142 heavy (non-hydrogen) atoms. The van der Waals surface area contributed by atoms with Gasteiger partial charge in [-0.05, 0) is 287 Å². The van der Waals surface area contributed by atoms with Crippen LogP contribution in [0.1, 0.15) is 480 Å². The van der Waals surface area contributed by atoms with Gasteiger partial charge in [0.1, 0.15) is 52.4 Å².